The van der Waals surface area contributed by atoms with Crippen LogP contribution in [0.15, 0.2) is 55.1 Å². The van der Waals surface area contributed by atoms with E-state index >= 15 is 0 Å². The Morgan fingerprint density at radius 3 is 2.57 bits per heavy atom. The van der Waals surface area contributed by atoms with E-state index in [-0.39, 0.29) is 25.6 Å². The van der Waals surface area contributed by atoms with E-state index in [1.807, 2.05) is 35.2 Å². The Kier molecular flexibility index (Phi) is 8.02. The molecular weight excluding hydrogens is 579 g/mol. The molecule has 3 aliphatic heterocycles. The van der Waals surface area contributed by atoms with Gasteiger partial charge >= 0.3 is 6.18 Å². The van der Waals surface area contributed by atoms with Crippen molar-refractivity contribution >= 4 is 17.8 Å². The van der Waals surface area contributed by atoms with Crippen LogP contribution in [0.4, 0.5) is 19.1 Å². The van der Waals surface area contributed by atoms with E-state index in [0.717, 1.165) is 11.1 Å². The van der Waals surface area contributed by atoms with Gasteiger partial charge < -0.3 is 14.5 Å². The van der Waals surface area contributed by atoms with Crippen LogP contribution in [0.2, 0.25) is 0 Å². The van der Waals surface area contributed by atoms with E-state index < -0.39 is 30.1 Å². The van der Waals surface area contributed by atoms with Crippen LogP contribution in [0.5, 0.6) is 5.75 Å². The Balaban J connectivity index is 1.13. The monoisotopic (exact) mass is 607 g/mol. The maximum absolute atomic E-state index is 14.0. The molecule has 3 aromatic rings. The lowest BCUT2D eigenvalue weighted by Gasteiger charge is -2.40. The highest BCUT2D eigenvalue weighted by atomic mass is 19.4. The van der Waals surface area contributed by atoms with E-state index in [1.54, 1.807) is 15.9 Å². The van der Waals surface area contributed by atoms with Crippen molar-refractivity contribution in [1.82, 2.24) is 35.6 Å². The molecule has 2 N–H and O–H groups in total. The molecule has 228 valence electrons. The van der Waals surface area contributed by atoms with Gasteiger partial charge in [-0.05, 0) is 17.2 Å². The molecule has 2 amide bonds. The summed E-state index contributed by atoms with van der Waals surface area (Å²) in [7, 11) is 0. The fourth-order valence-electron chi connectivity index (χ4n) is 5.94. The van der Waals surface area contributed by atoms with E-state index in [1.165, 1.54) is 24.8 Å². The number of pyridine rings is 1. The van der Waals surface area contributed by atoms with Gasteiger partial charge in [-0.3, -0.25) is 24.9 Å². The highest BCUT2D eigenvalue weighted by Crippen LogP contribution is 2.41. The van der Waals surface area contributed by atoms with Crippen molar-refractivity contribution in [3.63, 3.8) is 0 Å². The van der Waals surface area contributed by atoms with E-state index in [2.05, 4.69) is 25.8 Å². The second kappa shape index (κ2) is 12.1. The van der Waals surface area contributed by atoms with E-state index in [4.69, 9.17) is 10.00 Å². The van der Waals surface area contributed by atoms with Gasteiger partial charge in [0.2, 0.25) is 11.9 Å². The summed E-state index contributed by atoms with van der Waals surface area (Å²) in [6.07, 6.45) is 1.09. The summed E-state index contributed by atoms with van der Waals surface area (Å²) in [5.74, 6) is -2.76. The number of alkyl halides is 3. The first-order valence-electron chi connectivity index (χ1n) is 14.0. The average molecular weight is 608 g/mol. The molecule has 0 bridgehead atoms. The number of hydrazine groups is 1. The quantitative estimate of drug-likeness (QED) is 0.427. The van der Waals surface area contributed by atoms with Crippen LogP contribution < -0.4 is 20.5 Å². The number of benzene rings is 1. The van der Waals surface area contributed by atoms with Crippen molar-refractivity contribution in [2.75, 3.05) is 44.2 Å². The number of rotatable bonds is 6. The van der Waals surface area contributed by atoms with Gasteiger partial charge in [-0.15, -0.1) is 0 Å². The van der Waals surface area contributed by atoms with Gasteiger partial charge in [0, 0.05) is 51.5 Å². The molecular formula is C29H28F3N9O3. The second-order valence-corrected chi connectivity index (χ2v) is 10.7. The predicted octanol–water partition coefficient (Wildman–Crippen LogP) is 1.82. The normalized spacial score (nSPS) is 22.2. The van der Waals surface area contributed by atoms with Crippen molar-refractivity contribution in [2.45, 2.75) is 24.8 Å². The summed E-state index contributed by atoms with van der Waals surface area (Å²) >= 11 is 0. The zero-order valence-electron chi connectivity index (χ0n) is 23.4. The average Bonchev–Trinajstić information content (AvgIpc) is 3.41. The first-order valence-corrected chi connectivity index (χ1v) is 14.0. The minimum absolute atomic E-state index is 0.0116. The summed E-state index contributed by atoms with van der Waals surface area (Å²) in [6, 6.07) is 9.19. The lowest BCUT2D eigenvalue weighted by atomic mass is 9.94. The van der Waals surface area contributed by atoms with Gasteiger partial charge in [-0.2, -0.15) is 18.4 Å². The summed E-state index contributed by atoms with van der Waals surface area (Å²) in [6.45, 7) is 1.98. The van der Waals surface area contributed by atoms with Crippen LogP contribution in [-0.4, -0.2) is 88.1 Å². The zero-order valence-corrected chi connectivity index (χ0v) is 23.4. The molecule has 6 rings (SSSR count). The number of carbonyl (C=O) groups excluding carboxylic acids is 2. The number of anilines is 1. The third kappa shape index (κ3) is 5.86. The Hall–Kier alpha value is -4.81. The maximum atomic E-state index is 14.0. The Bertz CT molecular complexity index is 1570. The number of ether oxygens (including phenoxy) is 1. The highest BCUT2D eigenvalue weighted by Gasteiger charge is 2.55. The number of carbonyl (C=O) groups is 2. The van der Waals surface area contributed by atoms with Crippen LogP contribution in [0, 0.1) is 17.2 Å². The second-order valence-electron chi connectivity index (χ2n) is 10.7. The number of fused-ring (bicyclic) bond motifs is 1. The molecule has 5 heterocycles. The standard InChI is InChI=1S/C29H28F3N9O3/c30-29(31,32)25-23(15-37-38-26(25)42)41-16-19-3-1-2-4-22(19)24(41)17-44-21-9-20(13-34-14-21)27(43)39-5-7-40(8-6-39)28-35-11-18(10-33)12-36-28/h1-4,9,11-14,23-25,37H,5-8,15-17H2,(H,38,42). The van der Waals surface area contributed by atoms with Gasteiger partial charge in [-0.1, -0.05) is 24.3 Å². The molecule has 2 saturated heterocycles. The van der Waals surface area contributed by atoms with Gasteiger partial charge in [0.15, 0.2) is 5.92 Å². The minimum atomic E-state index is -4.73. The number of halogens is 3. The van der Waals surface area contributed by atoms with Crippen molar-refractivity contribution in [3.8, 4) is 11.8 Å². The number of piperazine rings is 1. The molecule has 0 aliphatic carbocycles. The molecule has 2 aromatic heterocycles. The molecule has 3 unspecified atom stereocenters. The number of hydrogen-bond donors (Lipinski definition) is 2. The molecule has 12 nitrogen and oxygen atoms in total. The lowest BCUT2D eigenvalue weighted by molar-refractivity contribution is -0.202. The highest BCUT2D eigenvalue weighted by molar-refractivity contribution is 5.94. The summed E-state index contributed by atoms with van der Waals surface area (Å²) in [5.41, 5.74) is 7.08. The number of hydrogen-bond acceptors (Lipinski definition) is 10. The van der Waals surface area contributed by atoms with Crippen molar-refractivity contribution in [3.05, 3.63) is 77.4 Å². The molecule has 0 radical (unpaired) electrons. The van der Waals surface area contributed by atoms with Crippen molar-refractivity contribution < 1.29 is 27.5 Å². The van der Waals surface area contributed by atoms with Crippen molar-refractivity contribution in [1.29, 1.82) is 5.26 Å². The first-order chi connectivity index (χ1) is 21.2. The summed E-state index contributed by atoms with van der Waals surface area (Å²) in [5, 5.41) is 8.94. The molecule has 2 fully saturated rings. The van der Waals surface area contributed by atoms with Crippen molar-refractivity contribution in [2.24, 2.45) is 5.92 Å². The number of amides is 2. The fraction of sp³-hybridized carbons (Fsp3) is 0.379. The van der Waals surface area contributed by atoms with Gasteiger partial charge in [0.25, 0.3) is 5.91 Å². The molecule has 0 spiro atoms. The molecule has 15 heteroatoms. The topological polar surface area (TPSA) is 140 Å². The van der Waals surface area contributed by atoms with Crippen LogP contribution in [0.1, 0.15) is 33.1 Å². The SMILES string of the molecule is N#Cc1cnc(N2CCN(C(=O)c3cncc(OCC4c5ccccc5CN4C4CNNC(=O)C4C(F)(F)F)c3)CC2)nc1. The van der Waals surface area contributed by atoms with Crippen LogP contribution >= 0.6 is 0 Å². The number of nitrogens with one attached hydrogen (secondary N) is 2. The number of aromatic nitrogens is 3. The smallest absolute Gasteiger partial charge is 0.402 e. The van der Waals surface area contributed by atoms with E-state index in [9.17, 15) is 22.8 Å². The van der Waals surface area contributed by atoms with Crippen LogP contribution in [-0.2, 0) is 11.3 Å². The van der Waals surface area contributed by atoms with Crippen LogP contribution in [0.3, 0.4) is 0 Å². The molecule has 1 aromatic carbocycles. The molecule has 3 atom stereocenters. The van der Waals surface area contributed by atoms with Gasteiger partial charge in [-0.25, -0.2) is 15.4 Å². The maximum Gasteiger partial charge on any atom is 0.402 e. The number of nitrogens with zero attached hydrogens (tertiary/aromatic N) is 7. The van der Waals surface area contributed by atoms with Gasteiger partial charge in [0.1, 0.15) is 18.4 Å². The third-order valence-electron chi connectivity index (χ3n) is 8.12. The minimum Gasteiger partial charge on any atom is -0.490 e. The first kappa shape index (κ1) is 29.3. The fourth-order valence-corrected chi connectivity index (χ4v) is 5.94. The molecule has 3 aliphatic rings. The predicted molar refractivity (Wildman–Crippen MR) is 149 cm³/mol. The van der Waals surface area contributed by atoms with Crippen LogP contribution in [0.25, 0.3) is 0 Å². The summed E-state index contributed by atoms with van der Waals surface area (Å²) in [4.78, 5) is 43.5. The lowest BCUT2D eigenvalue weighted by Crippen LogP contribution is -2.64. The van der Waals surface area contributed by atoms with Gasteiger partial charge in [0.05, 0.1) is 35.8 Å². The number of nitriles is 1. The molecule has 44 heavy (non-hydrogen) atoms. The third-order valence-corrected chi connectivity index (χ3v) is 8.12. The largest absolute Gasteiger partial charge is 0.490 e. The van der Waals surface area contributed by atoms with E-state index in [0.29, 0.717) is 49.0 Å². The molecule has 0 saturated carbocycles. The Labute approximate surface area is 250 Å². The zero-order chi connectivity index (χ0) is 30.8. The summed E-state index contributed by atoms with van der Waals surface area (Å²) < 4.78 is 48.1. The Morgan fingerprint density at radius 2 is 1.84 bits per heavy atom. The Morgan fingerprint density at radius 1 is 1.09 bits per heavy atom.